The summed E-state index contributed by atoms with van der Waals surface area (Å²) in [6, 6.07) is 49.9. The highest BCUT2D eigenvalue weighted by Crippen LogP contribution is 2.61. The molecule has 4 aliphatic rings. The third-order valence-corrected chi connectivity index (χ3v) is 11.9. The Morgan fingerprint density at radius 3 is 1.72 bits per heavy atom. The fraction of sp³-hybridized carbons (Fsp3) is 0.170. The first kappa shape index (κ1) is 33.1. The number of aryl methyl sites for hydroxylation is 4. The Bertz CT molecular complexity index is 2540. The molecule has 7 aromatic rings. The molecule has 0 heteroatoms. The van der Waals surface area contributed by atoms with Crippen molar-refractivity contribution in [3.63, 3.8) is 0 Å². The van der Waals surface area contributed by atoms with Gasteiger partial charge in [0.1, 0.15) is 0 Å². The van der Waals surface area contributed by atoms with Gasteiger partial charge in [-0.2, -0.15) is 0 Å². The maximum absolute atomic E-state index is 2.43. The molecule has 53 heavy (non-hydrogen) atoms. The molecule has 4 aliphatic carbocycles. The summed E-state index contributed by atoms with van der Waals surface area (Å²) >= 11 is 0. The largest absolute Gasteiger partial charge is 0.0622 e. The Labute approximate surface area is 315 Å². The van der Waals surface area contributed by atoms with Crippen molar-refractivity contribution in [3.05, 3.63) is 201 Å². The predicted octanol–water partition coefficient (Wildman–Crippen LogP) is 14.5. The van der Waals surface area contributed by atoms with Gasteiger partial charge in [-0.1, -0.05) is 162 Å². The number of rotatable bonds is 3. The molecular formula is C53H46. The monoisotopic (exact) mass is 682 g/mol. The van der Waals surface area contributed by atoms with E-state index in [-0.39, 0.29) is 0 Å². The molecule has 0 nitrogen and oxygen atoms in total. The van der Waals surface area contributed by atoms with Crippen LogP contribution in [0.15, 0.2) is 151 Å². The normalized spacial score (nSPS) is 16.5. The van der Waals surface area contributed by atoms with Gasteiger partial charge in [-0.3, -0.25) is 0 Å². The zero-order valence-corrected chi connectivity index (χ0v) is 31.5. The molecule has 2 atom stereocenters. The predicted molar refractivity (Wildman–Crippen MR) is 227 cm³/mol. The molecule has 258 valence electrons. The number of hydrogen-bond donors (Lipinski definition) is 0. The summed E-state index contributed by atoms with van der Waals surface area (Å²) in [5.41, 5.74) is 24.5. The minimum Gasteiger partial charge on any atom is -0.0622 e. The second-order valence-electron chi connectivity index (χ2n) is 15.5. The Morgan fingerprint density at radius 1 is 0.434 bits per heavy atom. The van der Waals surface area contributed by atoms with Gasteiger partial charge in [0.15, 0.2) is 0 Å². The lowest BCUT2D eigenvalue weighted by Gasteiger charge is -2.18. The van der Waals surface area contributed by atoms with Crippen LogP contribution in [0.5, 0.6) is 0 Å². The molecule has 0 N–H and O–H groups in total. The van der Waals surface area contributed by atoms with Crippen molar-refractivity contribution in [1.29, 1.82) is 0 Å². The fourth-order valence-corrected chi connectivity index (χ4v) is 8.91. The molecule has 0 radical (unpaired) electrons. The van der Waals surface area contributed by atoms with E-state index in [9.17, 15) is 0 Å². The van der Waals surface area contributed by atoms with Crippen LogP contribution in [0.25, 0.3) is 56.3 Å². The van der Waals surface area contributed by atoms with Gasteiger partial charge in [0.25, 0.3) is 0 Å². The summed E-state index contributed by atoms with van der Waals surface area (Å²) in [7, 11) is 0. The van der Waals surface area contributed by atoms with Gasteiger partial charge >= 0.3 is 0 Å². The van der Waals surface area contributed by atoms with Crippen LogP contribution in [-0.4, -0.2) is 0 Å². The van der Waals surface area contributed by atoms with Crippen LogP contribution in [0.1, 0.15) is 74.7 Å². The van der Waals surface area contributed by atoms with Crippen LogP contribution in [0.4, 0.5) is 0 Å². The summed E-state index contributed by atoms with van der Waals surface area (Å²) in [5.74, 6) is 1.65. The van der Waals surface area contributed by atoms with Crippen molar-refractivity contribution in [2.24, 2.45) is 0 Å². The van der Waals surface area contributed by atoms with E-state index in [1.165, 1.54) is 90.4 Å². The number of allylic oxidation sites excluding steroid dienone is 2. The fourth-order valence-electron chi connectivity index (χ4n) is 8.91. The Kier molecular flexibility index (Phi) is 8.35. The van der Waals surface area contributed by atoms with E-state index in [1.54, 1.807) is 27.8 Å². The second-order valence-corrected chi connectivity index (χ2v) is 15.5. The van der Waals surface area contributed by atoms with Crippen LogP contribution in [0.2, 0.25) is 0 Å². The smallest absolute Gasteiger partial charge is 0.00980 e. The Morgan fingerprint density at radius 2 is 1.02 bits per heavy atom. The maximum Gasteiger partial charge on any atom is 0.00980 e. The summed E-state index contributed by atoms with van der Waals surface area (Å²) in [4.78, 5) is 0. The van der Waals surface area contributed by atoms with E-state index >= 15 is 0 Å². The molecule has 2 fully saturated rings. The van der Waals surface area contributed by atoms with Gasteiger partial charge in [-0.15, -0.1) is 0 Å². The molecule has 7 aromatic carbocycles. The average molecular weight is 683 g/mol. The zero-order valence-electron chi connectivity index (χ0n) is 31.5. The van der Waals surface area contributed by atoms with Crippen molar-refractivity contribution >= 4 is 22.9 Å². The lowest BCUT2D eigenvalue weighted by molar-refractivity contribution is 1.06. The number of benzene rings is 7. The van der Waals surface area contributed by atoms with Crippen LogP contribution >= 0.6 is 0 Å². The lowest BCUT2D eigenvalue weighted by atomic mass is 9.86. The van der Waals surface area contributed by atoms with Crippen LogP contribution in [0, 0.1) is 34.6 Å². The van der Waals surface area contributed by atoms with E-state index in [4.69, 9.17) is 0 Å². The first-order valence-electron chi connectivity index (χ1n) is 19.2. The minimum absolute atomic E-state index is 0.827. The van der Waals surface area contributed by atoms with Crippen molar-refractivity contribution in [2.45, 2.75) is 59.3 Å². The molecule has 0 bridgehead atoms. The molecule has 0 aliphatic heterocycles. The summed E-state index contributed by atoms with van der Waals surface area (Å²) < 4.78 is 0. The minimum atomic E-state index is 0.827. The van der Waals surface area contributed by atoms with E-state index in [2.05, 4.69) is 180 Å². The standard InChI is InChI=1S/C25H22.C15H12.C13H12/c1-17-9-4-6-12-21(17)24-14-8-10-18(2)25(24)23-16-15-20-11-5-7-13-22(20)19(23)3;1-7-14-10(2-8-5-12(8)14)4-11-3-9-6-13(9)15(7)11;1-11-7-9-13(10-8-11)12-5-3-2-4-6-12/h4-16H,1-3H3;2-4,12-13H,5-6H2,1H3;2-10H,1H3. The summed E-state index contributed by atoms with van der Waals surface area (Å²) in [6.45, 7) is 11.1. The molecule has 0 heterocycles. The topological polar surface area (TPSA) is 0 Å². The van der Waals surface area contributed by atoms with Crippen molar-refractivity contribution in [1.82, 2.24) is 0 Å². The molecule has 2 unspecified atom stereocenters. The van der Waals surface area contributed by atoms with Crippen LogP contribution in [-0.2, 0) is 0 Å². The van der Waals surface area contributed by atoms with Gasteiger partial charge in [-0.25, -0.2) is 0 Å². The molecule has 11 rings (SSSR count). The third kappa shape index (κ3) is 6.17. The van der Waals surface area contributed by atoms with Crippen molar-refractivity contribution in [3.8, 4) is 33.4 Å². The highest BCUT2D eigenvalue weighted by Gasteiger charge is 2.44. The maximum atomic E-state index is 2.43. The zero-order chi connectivity index (χ0) is 36.2. The molecule has 0 spiro atoms. The number of hydrogen-bond acceptors (Lipinski definition) is 0. The molecule has 0 aromatic heterocycles. The second kappa shape index (κ2) is 13.4. The first-order chi connectivity index (χ1) is 25.9. The van der Waals surface area contributed by atoms with Crippen LogP contribution < -0.4 is 0 Å². The van der Waals surface area contributed by atoms with E-state index in [1.807, 2.05) is 6.07 Å². The molecule has 0 saturated heterocycles. The SMILES string of the molecule is Cc1c2c(cc3c1C1CC1=C3)C=C1CC12.Cc1ccc(-c2ccccc2)cc1.Cc1ccccc1-c1cccc(C)c1-c1ccc2ccccc2c1C. The van der Waals surface area contributed by atoms with E-state index in [0.29, 0.717) is 0 Å². The summed E-state index contributed by atoms with van der Waals surface area (Å²) in [5, 5.41) is 2.63. The van der Waals surface area contributed by atoms with Gasteiger partial charge in [-0.05, 0) is 142 Å². The summed E-state index contributed by atoms with van der Waals surface area (Å²) in [6.07, 6.45) is 7.54. The molecule has 2 saturated carbocycles. The van der Waals surface area contributed by atoms with Crippen molar-refractivity contribution in [2.75, 3.05) is 0 Å². The van der Waals surface area contributed by atoms with Gasteiger partial charge < -0.3 is 0 Å². The van der Waals surface area contributed by atoms with Crippen molar-refractivity contribution < 1.29 is 0 Å². The van der Waals surface area contributed by atoms with E-state index < -0.39 is 0 Å². The molecular weight excluding hydrogens is 637 g/mol. The Hall–Kier alpha value is -5.72. The molecule has 0 amide bonds. The Balaban J connectivity index is 0.000000113. The number of fused-ring (bicyclic) bond motifs is 7. The first-order valence-corrected chi connectivity index (χ1v) is 19.2. The van der Waals surface area contributed by atoms with Gasteiger partial charge in [0.2, 0.25) is 0 Å². The van der Waals surface area contributed by atoms with E-state index in [0.717, 1.165) is 11.8 Å². The van der Waals surface area contributed by atoms with Gasteiger partial charge in [0, 0.05) is 11.8 Å². The quantitative estimate of drug-likeness (QED) is 0.174. The van der Waals surface area contributed by atoms with Gasteiger partial charge in [0.05, 0.1) is 0 Å². The highest BCUT2D eigenvalue weighted by atomic mass is 14.5. The lowest BCUT2D eigenvalue weighted by Crippen LogP contribution is -1.96. The third-order valence-electron chi connectivity index (χ3n) is 11.9. The average Bonchev–Trinajstić information content (AvgIpc) is 4.06. The highest BCUT2D eigenvalue weighted by molar-refractivity contribution is 5.96. The van der Waals surface area contributed by atoms with Crippen LogP contribution in [0.3, 0.4) is 0 Å².